The van der Waals surface area contributed by atoms with Gasteiger partial charge in [-0.25, -0.2) is 4.39 Å². The second-order valence-electron chi connectivity index (χ2n) is 11.5. The highest BCUT2D eigenvalue weighted by Gasteiger charge is 2.63. The van der Waals surface area contributed by atoms with E-state index >= 15 is 0 Å². The van der Waals surface area contributed by atoms with Crippen molar-refractivity contribution in [3.63, 3.8) is 0 Å². The van der Waals surface area contributed by atoms with Crippen molar-refractivity contribution < 1.29 is 24.5 Å². The molecule has 0 radical (unpaired) electrons. The van der Waals surface area contributed by atoms with Gasteiger partial charge in [-0.05, 0) is 97.7 Å². The molecule has 0 heterocycles. The highest BCUT2D eigenvalue weighted by Crippen LogP contribution is 2.68. The molecule has 11 atom stereocenters. The molecule has 0 aromatic heterocycles. The van der Waals surface area contributed by atoms with Crippen molar-refractivity contribution in [3.05, 3.63) is 0 Å². The summed E-state index contributed by atoms with van der Waals surface area (Å²) >= 11 is 0. The van der Waals surface area contributed by atoms with E-state index in [1.54, 1.807) is 0 Å². The monoisotopic (exact) mass is 410 g/mol. The summed E-state index contributed by atoms with van der Waals surface area (Å²) in [6.07, 6.45) is 4.48. The zero-order chi connectivity index (χ0) is 21.1. The van der Waals surface area contributed by atoms with Crippen molar-refractivity contribution in [2.45, 2.75) is 96.9 Å². The molecule has 5 heteroatoms. The number of carboxylic acids is 1. The van der Waals surface area contributed by atoms with Gasteiger partial charge in [-0.15, -0.1) is 0 Å². The van der Waals surface area contributed by atoms with Crippen molar-refractivity contribution >= 4 is 5.97 Å². The van der Waals surface area contributed by atoms with Crippen molar-refractivity contribution in [1.82, 2.24) is 0 Å². The van der Waals surface area contributed by atoms with E-state index in [9.17, 15) is 19.4 Å². The molecule has 4 rings (SSSR count). The normalized spacial score (nSPS) is 52.9. The number of carbonyl (C=O) groups is 1. The molecule has 0 aromatic rings. The third kappa shape index (κ3) is 3.35. The molecule has 166 valence electrons. The van der Waals surface area contributed by atoms with E-state index in [1.165, 1.54) is 0 Å². The first-order valence-corrected chi connectivity index (χ1v) is 11.8. The maximum Gasteiger partial charge on any atom is 0.303 e. The highest BCUT2D eigenvalue weighted by molar-refractivity contribution is 5.66. The van der Waals surface area contributed by atoms with E-state index in [1.807, 2.05) is 0 Å². The Bertz CT molecular complexity index is 640. The second kappa shape index (κ2) is 7.47. The molecule has 4 nitrogen and oxygen atoms in total. The van der Waals surface area contributed by atoms with Gasteiger partial charge in [0.25, 0.3) is 0 Å². The Labute approximate surface area is 174 Å². The topological polar surface area (TPSA) is 77.8 Å². The fraction of sp³-hybridized carbons (Fsp3) is 0.958. The largest absolute Gasteiger partial charge is 0.481 e. The molecule has 4 aliphatic rings. The lowest BCUT2D eigenvalue weighted by Crippen LogP contribution is -2.60. The molecule has 0 bridgehead atoms. The Morgan fingerprint density at radius 3 is 2.41 bits per heavy atom. The van der Waals surface area contributed by atoms with Gasteiger partial charge >= 0.3 is 5.97 Å². The lowest BCUT2D eigenvalue weighted by molar-refractivity contribution is -0.186. The van der Waals surface area contributed by atoms with Crippen LogP contribution in [-0.4, -0.2) is 39.7 Å². The Kier molecular flexibility index (Phi) is 5.55. The molecule has 0 spiro atoms. The van der Waals surface area contributed by atoms with Crippen LogP contribution in [-0.2, 0) is 4.79 Å². The maximum atomic E-state index is 14.5. The summed E-state index contributed by atoms with van der Waals surface area (Å²) in [4.78, 5) is 11.0. The standard InChI is InChI=1S/C24H39FO4/c1-13(4-7-21(28)29)15-5-6-16-22-17(8-9-23(15,16)2)24(3)12-18(25)19(26)10-14(24)11-20(22)27/h13-20,22,26-27H,4-12H2,1-3H3,(H,28,29)/t13-,14+,15-,16?,17?,18+,19-,20-,22?,23-,24+/m1/s1. The summed E-state index contributed by atoms with van der Waals surface area (Å²) in [6, 6.07) is 0. The molecule has 4 saturated carbocycles. The molecule has 29 heavy (non-hydrogen) atoms. The third-order valence-corrected chi connectivity index (χ3v) is 10.2. The van der Waals surface area contributed by atoms with Crippen molar-refractivity contribution in [3.8, 4) is 0 Å². The number of fused-ring (bicyclic) bond motifs is 5. The van der Waals surface area contributed by atoms with Crippen LogP contribution in [0.5, 0.6) is 0 Å². The first kappa shape index (κ1) is 21.5. The number of aliphatic carboxylic acids is 1. The maximum absolute atomic E-state index is 14.5. The SMILES string of the molecule is C[C@H](CCC(=O)O)[C@H]1CCC2C3C(CC[C@@]21C)[C@@]1(C)C[C@H](F)[C@H](O)C[C@H]1C[C@H]3O. The van der Waals surface area contributed by atoms with Crippen molar-refractivity contribution in [2.75, 3.05) is 0 Å². The average Bonchev–Trinajstić information content (AvgIpc) is 2.99. The molecule has 0 amide bonds. The molecular formula is C24H39FO4. The Hall–Kier alpha value is -0.680. The highest BCUT2D eigenvalue weighted by atomic mass is 19.1. The number of alkyl halides is 1. The van der Waals surface area contributed by atoms with E-state index in [2.05, 4.69) is 20.8 Å². The van der Waals surface area contributed by atoms with Crippen LogP contribution in [0.25, 0.3) is 0 Å². The number of halogens is 1. The third-order valence-electron chi connectivity index (χ3n) is 10.2. The van der Waals surface area contributed by atoms with Crippen LogP contribution < -0.4 is 0 Å². The molecule has 4 aliphatic carbocycles. The van der Waals surface area contributed by atoms with E-state index < -0.39 is 18.2 Å². The van der Waals surface area contributed by atoms with Crippen LogP contribution >= 0.6 is 0 Å². The molecule has 4 fully saturated rings. The number of aliphatic hydroxyl groups excluding tert-OH is 2. The minimum Gasteiger partial charge on any atom is -0.481 e. The van der Waals surface area contributed by atoms with Crippen molar-refractivity contribution in [2.24, 2.45) is 46.3 Å². The van der Waals surface area contributed by atoms with E-state index in [4.69, 9.17) is 5.11 Å². The Balaban J connectivity index is 1.57. The smallest absolute Gasteiger partial charge is 0.303 e. The average molecular weight is 411 g/mol. The predicted octanol–water partition coefficient (Wildman–Crippen LogP) is 4.43. The summed E-state index contributed by atoms with van der Waals surface area (Å²) in [5.74, 6) is 1.35. The van der Waals surface area contributed by atoms with Crippen molar-refractivity contribution in [1.29, 1.82) is 0 Å². The van der Waals surface area contributed by atoms with Crippen LogP contribution in [0, 0.1) is 46.3 Å². The van der Waals surface area contributed by atoms with Gasteiger partial charge < -0.3 is 15.3 Å². The van der Waals surface area contributed by atoms with Gasteiger partial charge in [-0.1, -0.05) is 20.8 Å². The molecule has 0 saturated heterocycles. The van der Waals surface area contributed by atoms with Crippen LogP contribution in [0.4, 0.5) is 4.39 Å². The molecule has 0 aliphatic heterocycles. The van der Waals surface area contributed by atoms with Crippen LogP contribution in [0.1, 0.15) is 78.6 Å². The fourth-order valence-corrected chi connectivity index (χ4v) is 8.73. The van der Waals surface area contributed by atoms with Gasteiger partial charge in [0.15, 0.2) is 0 Å². The lowest BCUT2D eigenvalue weighted by Gasteiger charge is -2.62. The summed E-state index contributed by atoms with van der Waals surface area (Å²) < 4.78 is 14.5. The molecular weight excluding hydrogens is 371 g/mol. The summed E-state index contributed by atoms with van der Waals surface area (Å²) in [7, 11) is 0. The molecule has 3 N–H and O–H groups in total. The number of aliphatic hydroxyl groups is 2. The van der Waals surface area contributed by atoms with Crippen LogP contribution in [0.2, 0.25) is 0 Å². The minimum atomic E-state index is -1.15. The van der Waals surface area contributed by atoms with E-state index in [0.29, 0.717) is 42.9 Å². The zero-order valence-electron chi connectivity index (χ0n) is 18.2. The minimum absolute atomic E-state index is 0.128. The number of hydrogen-bond donors (Lipinski definition) is 3. The molecule has 0 aromatic carbocycles. The summed E-state index contributed by atoms with van der Waals surface area (Å²) in [5.41, 5.74) is 0.0173. The van der Waals surface area contributed by atoms with Gasteiger partial charge in [-0.3, -0.25) is 4.79 Å². The first-order chi connectivity index (χ1) is 13.6. The predicted molar refractivity (Wildman–Crippen MR) is 109 cm³/mol. The van der Waals surface area contributed by atoms with E-state index in [-0.39, 0.29) is 35.2 Å². The van der Waals surface area contributed by atoms with Gasteiger partial charge in [-0.2, -0.15) is 0 Å². The van der Waals surface area contributed by atoms with Gasteiger partial charge in [0.05, 0.1) is 12.2 Å². The Morgan fingerprint density at radius 2 is 1.72 bits per heavy atom. The second-order valence-corrected chi connectivity index (χ2v) is 11.5. The number of rotatable bonds is 4. The zero-order valence-corrected chi connectivity index (χ0v) is 18.2. The van der Waals surface area contributed by atoms with Gasteiger partial charge in [0, 0.05) is 6.42 Å². The first-order valence-electron chi connectivity index (χ1n) is 11.8. The van der Waals surface area contributed by atoms with Gasteiger partial charge in [0.2, 0.25) is 0 Å². The number of carboxylic acid groups (broad SMARTS) is 1. The van der Waals surface area contributed by atoms with Gasteiger partial charge in [0.1, 0.15) is 6.17 Å². The summed E-state index contributed by atoms with van der Waals surface area (Å²) in [6.45, 7) is 6.81. The quantitative estimate of drug-likeness (QED) is 0.641. The van der Waals surface area contributed by atoms with Crippen LogP contribution in [0.3, 0.4) is 0 Å². The van der Waals surface area contributed by atoms with E-state index in [0.717, 1.165) is 32.1 Å². The number of hydrogen-bond acceptors (Lipinski definition) is 3. The Morgan fingerprint density at radius 1 is 1.07 bits per heavy atom. The summed E-state index contributed by atoms with van der Waals surface area (Å²) in [5, 5.41) is 30.4. The van der Waals surface area contributed by atoms with Crippen LogP contribution in [0.15, 0.2) is 0 Å². The fourth-order valence-electron chi connectivity index (χ4n) is 8.73. The molecule has 3 unspecified atom stereocenters. The lowest BCUT2D eigenvalue weighted by atomic mass is 9.43.